The topological polar surface area (TPSA) is 58.9 Å². The lowest BCUT2D eigenvalue weighted by Crippen LogP contribution is -2.17. The zero-order valence-corrected chi connectivity index (χ0v) is 15.3. The molecular weight excluding hydrogens is 346 g/mol. The van der Waals surface area contributed by atoms with Crippen molar-refractivity contribution in [2.24, 2.45) is 16.8 Å². The third kappa shape index (κ3) is 2.44. The number of aliphatic imine (C=N–C) groups is 1. The molecule has 0 saturated heterocycles. The average Bonchev–Trinajstić information content (AvgIpc) is 3.18. The third-order valence-corrected chi connectivity index (χ3v) is 7.14. The van der Waals surface area contributed by atoms with Crippen LogP contribution in [0, 0.1) is 11.8 Å². The molecule has 1 saturated carbocycles. The Morgan fingerprint density at radius 3 is 2.88 bits per heavy atom. The minimum Gasteiger partial charge on any atom is -0.496 e. The summed E-state index contributed by atoms with van der Waals surface area (Å²) in [6, 6.07) is 0. The van der Waals surface area contributed by atoms with E-state index >= 15 is 0 Å². The van der Waals surface area contributed by atoms with Gasteiger partial charge in [0.15, 0.2) is 5.04 Å². The molecule has 0 spiro atoms. The molecular formula is C21H21NO3S. The highest BCUT2D eigenvalue weighted by molar-refractivity contribution is 8.19. The summed E-state index contributed by atoms with van der Waals surface area (Å²) < 4.78 is 5.87. The molecule has 0 amide bonds. The van der Waals surface area contributed by atoms with Gasteiger partial charge in [0.05, 0.1) is 12.8 Å². The summed E-state index contributed by atoms with van der Waals surface area (Å²) in [5, 5.41) is 9.65. The number of thioether (sulfide) groups is 1. The Hall–Kier alpha value is -2.01. The van der Waals surface area contributed by atoms with Crippen molar-refractivity contribution in [3.8, 4) is 0 Å². The first kappa shape index (κ1) is 16.2. The van der Waals surface area contributed by atoms with Crippen molar-refractivity contribution in [1.29, 1.82) is 0 Å². The minimum absolute atomic E-state index is 0.196. The molecule has 5 heteroatoms. The molecule has 0 radical (unpaired) electrons. The van der Waals surface area contributed by atoms with Crippen LogP contribution in [0.25, 0.3) is 0 Å². The normalized spacial score (nSPS) is 27.8. The Balaban J connectivity index is 1.66. The number of allylic oxidation sites excluding steroid dienone is 7. The van der Waals surface area contributed by atoms with Crippen molar-refractivity contribution < 1.29 is 14.6 Å². The first-order valence-electron chi connectivity index (χ1n) is 9.37. The zero-order valence-electron chi connectivity index (χ0n) is 14.5. The first-order valence-corrected chi connectivity index (χ1v) is 10.2. The number of carboxylic acid groups (broad SMARTS) is 1. The van der Waals surface area contributed by atoms with Crippen LogP contribution in [-0.2, 0) is 9.53 Å². The van der Waals surface area contributed by atoms with Gasteiger partial charge in [0.2, 0.25) is 0 Å². The number of fused-ring (bicyclic) bond motifs is 4. The molecule has 1 N–H and O–H groups in total. The molecule has 0 aromatic rings. The molecule has 4 nitrogen and oxygen atoms in total. The molecule has 0 aromatic carbocycles. The van der Waals surface area contributed by atoms with E-state index in [0.29, 0.717) is 19.1 Å². The summed E-state index contributed by atoms with van der Waals surface area (Å²) in [7, 11) is 0. The van der Waals surface area contributed by atoms with E-state index in [4.69, 9.17) is 4.74 Å². The summed E-state index contributed by atoms with van der Waals surface area (Å²) in [5.41, 5.74) is 6.41. The lowest BCUT2D eigenvalue weighted by molar-refractivity contribution is -0.129. The number of hydrogen-bond donors (Lipinski definition) is 1. The van der Waals surface area contributed by atoms with Crippen molar-refractivity contribution in [2.75, 3.05) is 13.2 Å². The quantitative estimate of drug-likeness (QED) is 0.786. The highest BCUT2D eigenvalue weighted by atomic mass is 32.2. The van der Waals surface area contributed by atoms with Crippen LogP contribution in [0.5, 0.6) is 0 Å². The number of ether oxygens (including phenoxy) is 1. The van der Waals surface area contributed by atoms with Gasteiger partial charge in [0, 0.05) is 22.0 Å². The Morgan fingerprint density at radius 2 is 2.08 bits per heavy atom. The number of aliphatic carboxylic acids is 1. The highest BCUT2D eigenvalue weighted by Crippen LogP contribution is 2.55. The van der Waals surface area contributed by atoms with Gasteiger partial charge in [-0.3, -0.25) is 4.99 Å². The molecule has 5 rings (SSSR count). The molecule has 2 heterocycles. The summed E-state index contributed by atoms with van der Waals surface area (Å²) in [6.07, 6.45) is 14.9. The number of hydrogen-bond acceptors (Lipinski definition) is 4. The number of rotatable bonds is 2. The second-order valence-corrected chi connectivity index (χ2v) is 8.45. The zero-order chi connectivity index (χ0) is 17.7. The summed E-state index contributed by atoms with van der Waals surface area (Å²) in [5.74, 6) is -0.103. The van der Waals surface area contributed by atoms with Gasteiger partial charge >= 0.3 is 5.97 Å². The fourth-order valence-corrected chi connectivity index (χ4v) is 5.81. The second kappa shape index (κ2) is 6.31. The van der Waals surface area contributed by atoms with Gasteiger partial charge in [-0.05, 0) is 35.5 Å². The van der Waals surface area contributed by atoms with Gasteiger partial charge in [-0.25, -0.2) is 4.79 Å². The first-order chi connectivity index (χ1) is 12.7. The predicted octanol–water partition coefficient (Wildman–Crippen LogP) is 4.39. The van der Waals surface area contributed by atoms with E-state index < -0.39 is 5.97 Å². The molecule has 0 bridgehead atoms. The molecule has 2 aliphatic heterocycles. The van der Waals surface area contributed by atoms with Crippen LogP contribution < -0.4 is 0 Å². The Kier molecular flexibility index (Phi) is 3.92. The van der Waals surface area contributed by atoms with Crippen molar-refractivity contribution in [2.45, 2.75) is 32.1 Å². The Labute approximate surface area is 157 Å². The number of nitrogens with zero attached hydrogens (tertiary/aromatic N) is 1. The van der Waals surface area contributed by atoms with Gasteiger partial charge < -0.3 is 9.84 Å². The molecule has 0 aromatic heterocycles. The van der Waals surface area contributed by atoms with E-state index in [1.807, 2.05) is 6.26 Å². The maximum Gasteiger partial charge on any atom is 0.361 e. The van der Waals surface area contributed by atoms with E-state index in [1.165, 1.54) is 66.2 Å². The van der Waals surface area contributed by atoms with E-state index in [2.05, 4.69) is 23.2 Å². The van der Waals surface area contributed by atoms with Crippen molar-refractivity contribution >= 4 is 22.8 Å². The Bertz CT molecular complexity index is 866. The van der Waals surface area contributed by atoms with Gasteiger partial charge in [0.25, 0.3) is 0 Å². The third-order valence-electron chi connectivity index (χ3n) is 5.94. The molecule has 134 valence electrons. The summed E-state index contributed by atoms with van der Waals surface area (Å²) in [6.45, 7) is 0.922. The van der Waals surface area contributed by atoms with Crippen LogP contribution in [0.15, 0.2) is 62.3 Å². The molecule has 26 heavy (non-hydrogen) atoms. The van der Waals surface area contributed by atoms with Crippen LogP contribution in [0.2, 0.25) is 0 Å². The molecule has 1 unspecified atom stereocenters. The van der Waals surface area contributed by atoms with Crippen molar-refractivity contribution in [3.63, 3.8) is 0 Å². The van der Waals surface area contributed by atoms with Crippen LogP contribution in [-0.4, -0.2) is 29.3 Å². The summed E-state index contributed by atoms with van der Waals surface area (Å²) >= 11 is 1.32. The van der Waals surface area contributed by atoms with E-state index in [9.17, 15) is 9.90 Å². The SMILES string of the molecule is O=C(O)C1=NCC2=C(S1)C1=C(C3CCCCC3)C3=CC=CC3C1=COC2. The van der Waals surface area contributed by atoms with Crippen LogP contribution in [0.3, 0.4) is 0 Å². The van der Waals surface area contributed by atoms with Gasteiger partial charge in [-0.15, -0.1) is 0 Å². The maximum atomic E-state index is 11.5. The molecule has 3 aliphatic carbocycles. The minimum atomic E-state index is -0.936. The average molecular weight is 367 g/mol. The monoisotopic (exact) mass is 367 g/mol. The van der Waals surface area contributed by atoms with Gasteiger partial charge in [-0.2, -0.15) is 0 Å². The lowest BCUT2D eigenvalue weighted by atomic mass is 9.80. The lowest BCUT2D eigenvalue weighted by Gasteiger charge is -2.26. The van der Waals surface area contributed by atoms with Crippen LogP contribution in [0.1, 0.15) is 32.1 Å². The maximum absolute atomic E-state index is 11.5. The molecule has 1 atom stereocenters. The van der Waals surface area contributed by atoms with Crippen LogP contribution in [0.4, 0.5) is 0 Å². The van der Waals surface area contributed by atoms with E-state index in [-0.39, 0.29) is 11.0 Å². The fourth-order valence-electron chi connectivity index (χ4n) is 4.80. The molecule has 1 fully saturated rings. The second-order valence-electron chi connectivity index (χ2n) is 7.45. The smallest absolute Gasteiger partial charge is 0.361 e. The van der Waals surface area contributed by atoms with Gasteiger partial charge in [0.1, 0.15) is 6.61 Å². The van der Waals surface area contributed by atoms with Gasteiger partial charge in [-0.1, -0.05) is 49.3 Å². The summed E-state index contributed by atoms with van der Waals surface area (Å²) in [4.78, 5) is 16.9. The predicted molar refractivity (Wildman–Crippen MR) is 103 cm³/mol. The standard InChI is InChI=1S/C21H21NO3S/c23-21(24)20-22-9-13-10-25-11-16-14-7-4-8-15(14)17(18(16)19(13)26-20)12-5-2-1-3-6-12/h4,7-8,11-12,14H,1-3,5-6,9-10H2,(H,23,24). The number of carboxylic acids is 1. The van der Waals surface area contributed by atoms with Crippen molar-refractivity contribution in [3.05, 3.63) is 57.3 Å². The largest absolute Gasteiger partial charge is 0.496 e. The van der Waals surface area contributed by atoms with E-state index in [0.717, 1.165) is 10.5 Å². The molecule has 5 aliphatic rings. The Morgan fingerprint density at radius 1 is 1.23 bits per heavy atom. The fraction of sp³-hybridized carbons (Fsp3) is 0.429. The van der Waals surface area contributed by atoms with E-state index in [1.54, 1.807) is 0 Å². The highest BCUT2D eigenvalue weighted by Gasteiger charge is 2.42. The number of carbonyl (C=O) groups is 1. The van der Waals surface area contributed by atoms with Crippen LogP contribution >= 0.6 is 11.8 Å². The van der Waals surface area contributed by atoms with Crippen molar-refractivity contribution in [1.82, 2.24) is 0 Å².